The van der Waals surface area contributed by atoms with E-state index in [-0.39, 0.29) is 11.9 Å². The lowest BCUT2D eigenvalue weighted by molar-refractivity contribution is 0.0922. The number of nitrogens with zero attached hydrogens (tertiary/aromatic N) is 4. The number of nitrogens with one attached hydrogen (secondary N) is 1. The summed E-state index contributed by atoms with van der Waals surface area (Å²) >= 11 is 0. The van der Waals surface area contributed by atoms with Gasteiger partial charge in [-0.25, -0.2) is 0 Å². The zero-order valence-electron chi connectivity index (χ0n) is 15.0. The van der Waals surface area contributed by atoms with Crippen LogP contribution in [0.25, 0.3) is 0 Å². The van der Waals surface area contributed by atoms with Crippen molar-refractivity contribution in [2.75, 3.05) is 13.1 Å². The maximum Gasteiger partial charge on any atom is 0.273 e. The number of carbonyl (C=O) groups is 1. The van der Waals surface area contributed by atoms with Crippen LogP contribution >= 0.6 is 0 Å². The molecule has 1 saturated heterocycles. The maximum absolute atomic E-state index is 12.5. The average Bonchev–Trinajstić information content (AvgIpc) is 3.05. The minimum absolute atomic E-state index is 0.130. The van der Waals surface area contributed by atoms with Gasteiger partial charge < -0.3 is 9.84 Å². The first kappa shape index (κ1) is 16.3. The SMILES string of the molecule is Cc1nn(C)cc1CN1CC(C)C(NC(=O)c2cc(C3CC3)on2)C1. The molecule has 1 aliphatic carbocycles. The smallest absolute Gasteiger partial charge is 0.273 e. The fourth-order valence-electron chi connectivity index (χ4n) is 3.63. The molecule has 0 spiro atoms. The van der Waals surface area contributed by atoms with Crippen molar-refractivity contribution in [2.45, 2.75) is 45.2 Å². The second-order valence-electron chi connectivity index (χ2n) is 7.55. The highest BCUT2D eigenvalue weighted by Gasteiger charge is 2.33. The molecule has 134 valence electrons. The van der Waals surface area contributed by atoms with Gasteiger partial charge in [0.25, 0.3) is 5.91 Å². The third-order valence-corrected chi connectivity index (χ3v) is 5.25. The van der Waals surface area contributed by atoms with Crippen LogP contribution in [-0.2, 0) is 13.6 Å². The fourth-order valence-corrected chi connectivity index (χ4v) is 3.63. The predicted octanol–water partition coefficient (Wildman–Crippen LogP) is 1.84. The second kappa shape index (κ2) is 6.29. The van der Waals surface area contributed by atoms with E-state index in [0.29, 0.717) is 17.5 Å². The summed E-state index contributed by atoms with van der Waals surface area (Å²) in [7, 11) is 1.94. The molecular formula is C18H25N5O2. The average molecular weight is 343 g/mol. The topological polar surface area (TPSA) is 76.2 Å². The summed E-state index contributed by atoms with van der Waals surface area (Å²) in [6.45, 7) is 6.89. The van der Waals surface area contributed by atoms with Gasteiger partial charge in [0.15, 0.2) is 5.69 Å². The van der Waals surface area contributed by atoms with Crippen molar-refractivity contribution in [3.8, 4) is 0 Å². The molecule has 0 bridgehead atoms. The number of hydrogen-bond acceptors (Lipinski definition) is 5. The van der Waals surface area contributed by atoms with Crippen molar-refractivity contribution in [3.63, 3.8) is 0 Å². The quantitative estimate of drug-likeness (QED) is 0.896. The molecule has 0 radical (unpaired) electrons. The van der Waals surface area contributed by atoms with Crippen LogP contribution in [0.15, 0.2) is 16.8 Å². The van der Waals surface area contributed by atoms with E-state index in [9.17, 15) is 4.79 Å². The molecule has 25 heavy (non-hydrogen) atoms. The van der Waals surface area contributed by atoms with Crippen molar-refractivity contribution >= 4 is 5.91 Å². The van der Waals surface area contributed by atoms with E-state index in [1.165, 1.54) is 5.56 Å². The summed E-state index contributed by atoms with van der Waals surface area (Å²) in [6, 6.07) is 1.93. The van der Waals surface area contributed by atoms with Crippen LogP contribution in [0.1, 0.15) is 53.2 Å². The summed E-state index contributed by atoms with van der Waals surface area (Å²) in [6.07, 6.45) is 4.35. The van der Waals surface area contributed by atoms with Gasteiger partial charge in [-0.3, -0.25) is 14.4 Å². The van der Waals surface area contributed by atoms with E-state index < -0.39 is 0 Å². The Kier molecular flexibility index (Phi) is 4.11. The normalized spacial score (nSPS) is 24.0. The molecule has 2 aromatic heterocycles. The Balaban J connectivity index is 1.35. The molecular weight excluding hydrogens is 318 g/mol. The number of aromatic nitrogens is 3. The zero-order chi connectivity index (χ0) is 17.6. The molecule has 2 aromatic rings. The highest BCUT2D eigenvalue weighted by Crippen LogP contribution is 2.40. The van der Waals surface area contributed by atoms with E-state index in [0.717, 1.165) is 43.9 Å². The highest BCUT2D eigenvalue weighted by molar-refractivity contribution is 5.92. The summed E-state index contributed by atoms with van der Waals surface area (Å²) in [4.78, 5) is 14.8. The van der Waals surface area contributed by atoms with Gasteiger partial charge in [-0.05, 0) is 25.7 Å². The lowest BCUT2D eigenvalue weighted by Gasteiger charge is -2.16. The molecule has 2 fully saturated rings. The van der Waals surface area contributed by atoms with Crippen molar-refractivity contribution < 1.29 is 9.32 Å². The van der Waals surface area contributed by atoms with Crippen molar-refractivity contribution in [3.05, 3.63) is 35.0 Å². The Hall–Kier alpha value is -2.15. The van der Waals surface area contributed by atoms with Gasteiger partial charge in [0.1, 0.15) is 5.76 Å². The fraction of sp³-hybridized carbons (Fsp3) is 0.611. The molecule has 1 saturated carbocycles. The lowest BCUT2D eigenvalue weighted by Crippen LogP contribution is -2.40. The van der Waals surface area contributed by atoms with E-state index in [4.69, 9.17) is 4.52 Å². The van der Waals surface area contributed by atoms with Crippen LogP contribution in [0.2, 0.25) is 0 Å². The van der Waals surface area contributed by atoms with Gasteiger partial charge in [-0.2, -0.15) is 5.10 Å². The molecule has 2 aliphatic rings. The van der Waals surface area contributed by atoms with Crippen molar-refractivity contribution in [1.29, 1.82) is 0 Å². The van der Waals surface area contributed by atoms with Crippen LogP contribution in [0.5, 0.6) is 0 Å². The molecule has 4 rings (SSSR count). The van der Waals surface area contributed by atoms with Gasteiger partial charge in [0.05, 0.1) is 5.69 Å². The molecule has 1 amide bonds. The first-order valence-electron chi connectivity index (χ1n) is 8.98. The Morgan fingerprint density at radius 2 is 2.20 bits per heavy atom. The van der Waals surface area contributed by atoms with Gasteiger partial charge in [0.2, 0.25) is 0 Å². The monoisotopic (exact) mass is 343 g/mol. The molecule has 2 atom stereocenters. The first-order chi connectivity index (χ1) is 12.0. The summed E-state index contributed by atoms with van der Waals surface area (Å²) < 4.78 is 7.14. The number of likely N-dealkylation sites (tertiary alicyclic amines) is 1. The largest absolute Gasteiger partial charge is 0.360 e. The number of rotatable bonds is 5. The third-order valence-electron chi connectivity index (χ3n) is 5.25. The Bertz CT molecular complexity index is 776. The maximum atomic E-state index is 12.5. The van der Waals surface area contributed by atoms with E-state index in [1.807, 2.05) is 18.7 Å². The van der Waals surface area contributed by atoms with Crippen molar-refractivity contribution in [2.24, 2.45) is 13.0 Å². The molecule has 0 aromatic carbocycles. The summed E-state index contributed by atoms with van der Waals surface area (Å²) in [5.41, 5.74) is 2.71. The zero-order valence-corrected chi connectivity index (χ0v) is 15.0. The highest BCUT2D eigenvalue weighted by atomic mass is 16.5. The summed E-state index contributed by atoms with van der Waals surface area (Å²) in [5, 5.41) is 11.5. The molecule has 2 unspecified atom stereocenters. The lowest BCUT2D eigenvalue weighted by atomic mass is 10.1. The van der Waals surface area contributed by atoms with Crippen molar-refractivity contribution in [1.82, 2.24) is 25.2 Å². The van der Waals surface area contributed by atoms with E-state index >= 15 is 0 Å². The van der Waals surface area contributed by atoms with Crippen LogP contribution in [0, 0.1) is 12.8 Å². The minimum atomic E-state index is -0.132. The molecule has 7 nitrogen and oxygen atoms in total. The van der Waals surface area contributed by atoms with E-state index in [1.54, 1.807) is 6.07 Å². The number of carbonyl (C=O) groups excluding carboxylic acids is 1. The minimum Gasteiger partial charge on any atom is -0.360 e. The van der Waals surface area contributed by atoms with Gasteiger partial charge in [-0.1, -0.05) is 12.1 Å². The van der Waals surface area contributed by atoms with Gasteiger partial charge >= 0.3 is 0 Å². The molecule has 3 heterocycles. The summed E-state index contributed by atoms with van der Waals surface area (Å²) in [5.74, 6) is 1.58. The molecule has 1 aliphatic heterocycles. The van der Waals surface area contributed by atoms with Gasteiger partial charge in [-0.15, -0.1) is 0 Å². The van der Waals surface area contributed by atoms with Crippen LogP contribution in [-0.4, -0.2) is 44.9 Å². The number of hydrogen-bond donors (Lipinski definition) is 1. The Morgan fingerprint density at radius 1 is 1.40 bits per heavy atom. The van der Waals surface area contributed by atoms with E-state index in [2.05, 4.69) is 33.6 Å². The standard InChI is InChI=1S/C18H25N5O2/c1-11-7-23(9-14-8-22(3)20-12(14)2)10-16(11)19-18(24)15-6-17(25-21-15)13-4-5-13/h6,8,11,13,16H,4-5,7,9-10H2,1-3H3,(H,19,24). The Morgan fingerprint density at radius 3 is 2.88 bits per heavy atom. The van der Waals surface area contributed by atoms with Crippen LogP contribution < -0.4 is 5.32 Å². The van der Waals surface area contributed by atoms with Gasteiger partial charge in [0, 0.05) is 56.5 Å². The Labute approximate surface area is 147 Å². The molecule has 7 heteroatoms. The predicted molar refractivity (Wildman–Crippen MR) is 92.1 cm³/mol. The second-order valence-corrected chi connectivity index (χ2v) is 7.55. The van der Waals surface area contributed by atoms with Crippen LogP contribution in [0.3, 0.4) is 0 Å². The molecule has 1 N–H and O–H groups in total. The van der Waals surface area contributed by atoms with Crippen LogP contribution in [0.4, 0.5) is 0 Å². The third kappa shape index (κ3) is 3.46. The number of aryl methyl sites for hydroxylation is 2. The number of amides is 1. The first-order valence-corrected chi connectivity index (χ1v) is 8.98.